The van der Waals surface area contributed by atoms with E-state index in [1.807, 2.05) is 6.07 Å². The van der Waals surface area contributed by atoms with Gasteiger partial charge in [0.15, 0.2) is 5.54 Å². The van der Waals surface area contributed by atoms with Crippen molar-refractivity contribution in [2.45, 2.75) is 38.6 Å². The van der Waals surface area contributed by atoms with Crippen LogP contribution in [-0.4, -0.2) is 22.0 Å². The molecule has 6 heteroatoms. The highest BCUT2D eigenvalue weighted by Crippen LogP contribution is 2.34. The van der Waals surface area contributed by atoms with E-state index < -0.39 is 11.5 Å². The molecule has 1 aliphatic rings. The fourth-order valence-electron chi connectivity index (χ4n) is 2.62. The van der Waals surface area contributed by atoms with Crippen molar-refractivity contribution in [1.29, 1.82) is 0 Å². The molecule has 0 saturated heterocycles. The number of hydrogen-bond donors (Lipinski definition) is 2. The Morgan fingerprint density at radius 2 is 2.00 bits per heavy atom. The van der Waals surface area contributed by atoms with Crippen molar-refractivity contribution < 1.29 is 14.7 Å². The van der Waals surface area contributed by atoms with Crippen LogP contribution in [0.1, 0.15) is 45.7 Å². The Morgan fingerprint density at radius 1 is 1.33 bits per heavy atom. The van der Waals surface area contributed by atoms with Gasteiger partial charge in [-0.05, 0) is 38.2 Å². The van der Waals surface area contributed by atoms with E-state index in [-0.39, 0.29) is 5.91 Å². The zero-order valence-corrected chi connectivity index (χ0v) is 14.5. The molecule has 0 spiro atoms. The summed E-state index contributed by atoms with van der Waals surface area (Å²) >= 11 is 1.37. The van der Waals surface area contributed by atoms with E-state index in [2.05, 4.69) is 10.3 Å². The minimum Gasteiger partial charge on any atom is -0.479 e. The fourth-order valence-corrected chi connectivity index (χ4v) is 3.70. The summed E-state index contributed by atoms with van der Waals surface area (Å²) in [5, 5.41) is 13.3. The molecule has 1 aromatic heterocycles. The number of aromatic nitrogens is 1. The van der Waals surface area contributed by atoms with Gasteiger partial charge in [-0.3, -0.25) is 4.79 Å². The second kappa shape index (κ2) is 6.36. The molecule has 3 rings (SSSR count). The van der Waals surface area contributed by atoms with Crippen LogP contribution in [0, 0.1) is 12.8 Å². The summed E-state index contributed by atoms with van der Waals surface area (Å²) in [4.78, 5) is 29.4. The number of carbonyl (C=O) groups is 2. The summed E-state index contributed by atoms with van der Waals surface area (Å²) in [7, 11) is 0. The maximum absolute atomic E-state index is 12.7. The fraction of sp³-hybridized carbons (Fsp3) is 0.389. The maximum Gasteiger partial charge on any atom is 0.333 e. The zero-order valence-electron chi connectivity index (χ0n) is 13.7. The van der Waals surface area contributed by atoms with Crippen molar-refractivity contribution in [3.05, 3.63) is 51.5 Å². The first kappa shape index (κ1) is 16.6. The molecule has 126 valence electrons. The molecule has 1 unspecified atom stereocenters. The van der Waals surface area contributed by atoms with Gasteiger partial charge in [0.25, 0.3) is 5.91 Å². The molecule has 1 aromatic carbocycles. The van der Waals surface area contributed by atoms with Gasteiger partial charge in [-0.2, -0.15) is 0 Å². The topological polar surface area (TPSA) is 79.3 Å². The summed E-state index contributed by atoms with van der Waals surface area (Å²) in [5.74, 6) is -0.789. The number of carbonyl (C=O) groups excluding carboxylic acids is 1. The molecular weight excluding hydrogens is 324 g/mol. The summed E-state index contributed by atoms with van der Waals surface area (Å²) < 4.78 is 0. The van der Waals surface area contributed by atoms with Gasteiger partial charge in [0.2, 0.25) is 0 Å². The smallest absolute Gasteiger partial charge is 0.333 e. The summed E-state index contributed by atoms with van der Waals surface area (Å²) in [6.45, 7) is 3.30. The molecule has 1 atom stereocenters. The van der Waals surface area contributed by atoms with E-state index in [1.165, 1.54) is 31.1 Å². The minimum atomic E-state index is -1.48. The van der Waals surface area contributed by atoms with Gasteiger partial charge in [0, 0.05) is 6.42 Å². The number of benzene rings is 1. The van der Waals surface area contributed by atoms with E-state index in [0.29, 0.717) is 22.1 Å². The Labute approximate surface area is 144 Å². The summed E-state index contributed by atoms with van der Waals surface area (Å²) in [6.07, 6.45) is 3.37. The number of aliphatic carboxylic acids is 1. The van der Waals surface area contributed by atoms with Gasteiger partial charge in [-0.1, -0.05) is 30.3 Å². The zero-order chi connectivity index (χ0) is 17.3. The average molecular weight is 344 g/mol. The van der Waals surface area contributed by atoms with Crippen LogP contribution in [0.3, 0.4) is 0 Å². The number of nitrogens with one attached hydrogen (secondary N) is 1. The van der Waals surface area contributed by atoms with Crippen molar-refractivity contribution in [2.24, 2.45) is 5.92 Å². The van der Waals surface area contributed by atoms with Gasteiger partial charge in [-0.25, -0.2) is 9.78 Å². The summed E-state index contributed by atoms with van der Waals surface area (Å²) in [5.41, 5.74) is -0.286. The Kier molecular flexibility index (Phi) is 4.41. The quantitative estimate of drug-likeness (QED) is 0.844. The molecule has 0 aliphatic heterocycles. The van der Waals surface area contributed by atoms with Crippen molar-refractivity contribution >= 4 is 23.2 Å². The third kappa shape index (κ3) is 3.33. The van der Waals surface area contributed by atoms with Gasteiger partial charge >= 0.3 is 5.97 Å². The van der Waals surface area contributed by atoms with Crippen LogP contribution in [0.2, 0.25) is 0 Å². The normalized spacial score (nSPS) is 16.4. The Morgan fingerprint density at radius 3 is 2.58 bits per heavy atom. The molecule has 1 aliphatic carbocycles. The van der Waals surface area contributed by atoms with E-state index in [1.54, 1.807) is 31.2 Å². The van der Waals surface area contributed by atoms with E-state index in [4.69, 9.17) is 0 Å². The second-order valence-corrected chi connectivity index (χ2v) is 7.50. The molecule has 5 nitrogen and oxygen atoms in total. The Hall–Kier alpha value is -2.21. The van der Waals surface area contributed by atoms with Gasteiger partial charge < -0.3 is 10.4 Å². The average Bonchev–Trinajstić information content (AvgIpc) is 3.28. The second-order valence-electron chi connectivity index (χ2n) is 6.42. The lowest BCUT2D eigenvalue weighted by atomic mass is 9.92. The lowest BCUT2D eigenvalue weighted by molar-refractivity contribution is -0.144. The minimum absolute atomic E-state index is 0.388. The molecular formula is C18H20N2O3S. The maximum atomic E-state index is 12.7. The summed E-state index contributed by atoms with van der Waals surface area (Å²) in [6, 6.07) is 8.73. The lowest BCUT2D eigenvalue weighted by Gasteiger charge is -2.26. The first-order chi connectivity index (χ1) is 11.4. The largest absolute Gasteiger partial charge is 0.479 e. The number of rotatable bonds is 6. The van der Waals surface area contributed by atoms with E-state index in [0.717, 1.165) is 11.4 Å². The number of carboxylic acid groups (broad SMARTS) is 1. The number of hydrogen-bond acceptors (Lipinski definition) is 4. The van der Waals surface area contributed by atoms with Crippen LogP contribution < -0.4 is 5.32 Å². The van der Waals surface area contributed by atoms with E-state index in [9.17, 15) is 14.7 Å². The SMILES string of the molecule is Cc1nc(CC2CC2)sc1C(=O)NC(C)(C(=O)O)c1ccccc1. The van der Waals surface area contributed by atoms with Gasteiger partial charge in [0.1, 0.15) is 4.88 Å². The van der Waals surface area contributed by atoms with Gasteiger partial charge in [-0.15, -0.1) is 11.3 Å². The molecule has 1 heterocycles. The predicted molar refractivity (Wildman–Crippen MR) is 92.2 cm³/mol. The van der Waals surface area contributed by atoms with Crippen LogP contribution in [-0.2, 0) is 16.8 Å². The Bertz CT molecular complexity index is 768. The number of carboxylic acids is 1. The monoisotopic (exact) mass is 344 g/mol. The predicted octanol–water partition coefficient (Wildman–Crippen LogP) is 3.13. The molecule has 2 aromatic rings. The number of thiazole rings is 1. The third-order valence-electron chi connectivity index (χ3n) is 4.35. The van der Waals surface area contributed by atoms with Crippen molar-refractivity contribution in [1.82, 2.24) is 10.3 Å². The third-order valence-corrected chi connectivity index (χ3v) is 5.53. The molecule has 2 N–H and O–H groups in total. The highest BCUT2D eigenvalue weighted by Gasteiger charge is 2.38. The molecule has 0 radical (unpaired) electrons. The van der Waals surface area contributed by atoms with Crippen LogP contribution in [0.25, 0.3) is 0 Å². The number of aryl methyl sites for hydroxylation is 1. The van der Waals surface area contributed by atoms with Crippen molar-refractivity contribution in [3.63, 3.8) is 0 Å². The van der Waals surface area contributed by atoms with Crippen LogP contribution in [0.15, 0.2) is 30.3 Å². The van der Waals surface area contributed by atoms with Crippen molar-refractivity contribution in [2.75, 3.05) is 0 Å². The molecule has 24 heavy (non-hydrogen) atoms. The lowest BCUT2D eigenvalue weighted by Crippen LogP contribution is -2.49. The molecule has 1 amide bonds. The molecule has 1 fully saturated rings. The van der Waals surface area contributed by atoms with E-state index >= 15 is 0 Å². The molecule has 1 saturated carbocycles. The number of amides is 1. The van der Waals surface area contributed by atoms with Crippen LogP contribution in [0.4, 0.5) is 0 Å². The van der Waals surface area contributed by atoms with Gasteiger partial charge in [0.05, 0.1) is 10.7 Å². The first-order valence-corrected chi connectivity index (χ1v) is 8.79. The first-order valence-electron chi connectivity index (χ1n) is 7.98. The van der Waals surface area contributed by atoms with Crippen LogP contribution in [0.5, 0.6) is 0 Å². The highest BCUT2D eigenvalue weighted by atomic mass is 32.1. The Balaban J connectivity index is 1.83. The van der Waals surface area contributed by atoms with Crippen LogP contribution >= 0.6 is 11.3 Å². The standard InChI is InChI=1S/C18H20N2O3S/c1-11-15(24-14(19-11)10-12-8-9-12)16(21)20-18(2,17(22)23)13-6-4-3-5-7-13/h3-7,12H,8-10H2,1-2H3,(H,20,21)(H,22,23). The molecule has 0 bridgehead atoms. The number of nitrogens with zero attached hydrogens (tertiary/aromatic N) is 1. The highest BCUT2D eigenvalue weighted by molar-refractivity contribution is 7.13. The van der Waals surface area contributed by atoms with Crippen molar-refractivity contribution in [3.8, 4) is 0 Å².